The summed E-state index contributed by atoms with van der Waals surface area (Å²) in [6, 6.07) is 7.87. The molecule has 0 aliphatic carbocycles. The van der Waals surface area contributed by atoms with E-state index in [2.05, 4.69) is 5.32 Å². The van der Waals surface area contributed by atoms with E-state index in [1.54, 1.807) is 0 Å². The molecule has 0 saturated heterocycles. The minimum absolute atomic E-state index is 0.0462. The van der Waals surface area contributed by atoms with Crippen LogP contribution in [0.4, 0.5) is 5.69 Å². The zero-order valence-electron chi connectivity index (χ0n) is 10.4. The predicted octanol–water partition coefficient (Wildman–Crippen LogP) is 3.42. The third kappa shape index (κ3) is 1.60. The summed E-state index contributed by atoms with van der Waals surface area (Å²) in [5.74, 6) is 0.0462. The van der Waals surface area contributed by atoms with Gasteiger partial charge in [-0.15, -0.1) is 0 Å². The van der Waals surface area contributed by atoms with Crippen molar-refractivity contribution in [3.63, 3.8) is 0 Å². The zero-order valence-corrected chi connectivity index (χ0v) is 10.4. The fraction of sp³-hybridized carbons (Fsp3) is 0.267. The summed E-state index contributed by atoms with van der Waals surface area (Å²) < 4.78 is 0. The van der Waals surface area contributed by atoms with Gasteiger partial charge < -0.3 is 5.32 Å². The zero-order chi connectivity index (χ0) is 12.5. The Morgan fingerprint density at radius 1 is 1.29 bits per heavy atom. The van der Waals surface area contributed by atoms with Crippen molar-refractivity contribution in [2.45, 2.75) is 26.2 Å². The molecule has 1 aromatic carbocycles. The molecule has 0 saturated carbocycles. The number of amides is 1. The van der Waals surface area contributed by atoms with Gasteiger partial charge in [0.25, 0.3) is 0 Å². The second kappa shape index (κ2) is 4.21. The number of fused-ring (bicyclic) bond motifs is 1. The molecule has 1 atom stereocenters. The van der Waals surface area contributed by atoms with E-state index in [1.807, 2.05) is 63.3 Å². The van der Waals surface area contributed by atoms with Crippen LogP contribution in [0.15, 0.2) is 48.1 Å². The van der Waals surface area contributed by atoms with Gasteiger partial charge >= 0.3 is 0 Å². The largest absolute Gasteiger partial charge is 0.325 e. The van der Waals surface area contributed by atoms with Crippen LogP contribution >= 0.6 is 0 Å². The molecule has 1 aliphatic rings. The van der Waals surface area contributed by atoms with E-state index in [0.29, 0.717) is 0 Å². The molecule has 0 radical (unpaired) electrons. The Bertz CT molecular complexity index is 513. The van der Waals surface area contributed by atoms with Gasteiger partial charge in [0.05, 0.1) is 5.41 Å². The highest BCUT2D eigenvalue weighted by atomic mass is 16.2. The van der Waals surface area contributed by atoms with Gasteiger partial charge in [0.2, 0.25) is 5.91 Å². The molecule has 2 heteroatoms. The van der Waals surface area contributed by atoms with E-state index in [9.17, 15) is 4.79 Å². The molecule has 1 amide bonds. The summed E-state index contributed by atoms with van der Waals surface area (Å²) in [7, 11) is 0. The molecular formula is C15H17NO. The lowest BCUT2D eigenvalue weighted by Gasteiger charge is -2.23. The normalized spacial score (nSPS) is 23.9. The van der Waals surface area contributed by atoms with E-state index < -0.39 is 5.41 Å². The number of allylic oxidation sites excluding steroid dienone is 3. The first-order valence-electron chi connectivity index (χ1n) is 5.85. The monoisotopic (exact) mass is 227 g/mol. The van der Waals surface area contributed by atoms with Crippen LogP contribution in [-0.2, 0) is 10.2 Å². The molecule has 0 bridgehead atoms. The summed E-state index contributed by atoms with van der Waals surface area (Å²) in [6.07, 6.45) is 5.97. The molecular weight excluding hydrogens is 210 g/mol. The van der Waals surface area contributed by atoms with Crippen molar-refractivity contribution >= 4 is 11.6 Å². The van der Waals surface area contributed by atoms with Crippen LogP contribution in [0.1, 0.15) is 26.3 Å². The van der Waals surface area contributed by atoms with Crippen LogP contribution in [0.5, 0.6) is 0 Å². The number of carbonyl (C=O) groups is 1. The van der Waals surface area contributed by atoms with Gasteiger partial charge in [-0.1, -0.05) is 36.4 Å². The van der Waals surface area contributed by atoms with Crippen LogP contribution in [-0.4, -0.2) is 5.91 Å². The standard InChI is InChI=1S/C15H17NO/c1-4-8-11(5-2)15(3)12-9-6-7-10-13(12)16-14(15)17/h4-10H,1-3H3,(H,16,17)/b8-4-,11-5+. The van der Waals surface area contributed by atoms with Crippen molar-refractivity contribution in [1.82, 2.24) is 0 Å². The quantitative estimate of drug-likeness (QED) is 0.771. The third-order valence-electron chi connectivity index (χ3n) is 3.40. The molecule has 2 rings (SSSR count). The Kier molecular flexibility index (Phi) is 2.88. The molecule has 1 aliphatic heterocycles. The fourth-order valence-electron chi connectivity index (χ4n) is 2.42. The Labute approximate surface area is 102 Å². The molecule has 17 heavy (non-hydrogen) atoms. The number of carbonyl (C=O) groups excluding carboxylic acids is 1. The number of hydrogen-bond donors (Lipinski definition) is 1. The van der Waals surface area contributed by atoms with E-state index in [0.717, 1.165) is 16.8 Å². The average Bonchev–Trinajstić information content (AvgIpc) is 2.60. The lowest BCUT2D eigenvalue weighted by atomic mass is 9.76. The van der Waals surface area contributed by atoms with Gasteiger partial charge in [0.1, 0.15) is 0 Å². The molecule has 0 fully saturated rings. The summed E-state index contributed by atoms with van der Waals surface area (Å²) in [5, 5.41) is 2.95. The molecule has 1 unspecified atom stereocenters. The highest BCUT2D eigenvalue weighted by molar-refractivity contribution is 6.08. The van der Waals surface area contributed by atoms with Gasteiger partial charge in [0.15, 0.2) is 0 Å². The van der Waals surface area contributed by atoms with Crippen LogP contribution < -0.4 is 5.32 Å². The van der Waals surface area contributed by atoms with Gasteiger partial charge in [-0.05, 0) is 38.0 Å². The number of benzene rings is 1. The first-order valence-corrected chi connectivity index (χ1v) is 5.85. The Balaban J connectivity index is 2.61. The summed E-state index contributed by atoms with van der Waals surface area (Å²) in [5.41, 5.74) is 2.43. The van der Waals surface area contributed by atoms with E-state index in [4.69, 9.17) is 0 Å². The molecule has 0 aromatic heterocycles. The summed E-state index contributed by atoms with van der Waals surface area (Å²) in [6.45, 7) is 5.91. The number of para-hydroxylation sites is 1. The molecule has 1 N–H and O–H groups in total. The first-order chi connectivity index (χ1) is 8.14. The van der Waals surface area contributed by atoms with E-state index in [-0.39, 0.29) is 5.91 Å². The van der Waals surface area contributed by atoms with Crippen molar-refractivity contribution in [2.24, 2.45) is 0 Å². The molecule has 88 valence electrons. The molecule has 0 spiro atoms. The maximum atomic E-state index is 12.2. The first kappa shape index (κ1) is 11.6. The number of rotatable bonds is 2. The van der Waals surface area contributed by atoms with Crippen LogP contribution in [0.25, 0.3) is 0 Å². The van der Waals surface area contributed by atoms with Crippen molar-refractivity contribution in [3.8, 4) is 0 Å². The lowest BCUT2D eigenvalue weighted by molar-refractivity contribution is -0.119. The Hall–Kier alpha value is -1.83. The van der Waals surface area contributed by atoms with Crippen molar-refractivity contribution in [1.29, 1.82) is 0 Å². The maximum Gasteiger partial charge on any atom is 0.239 e. The average molecular weight is 227 g/mol. The van der Waals surface area contributed by atoms with Crippen molar-refractivity contribution < 1.29 is 4.79 Å². The van der Waals surface area contributed by atoms with Crippen LogP contribution in [0.3, 0.4) is 0 Å². The van der Waals surface area contributed by atoms with Gasteiger partial charge in [0, 0.05) is 5.69 Å². The fourth-order valence-corrected chi connectivity index (χ4v) is 2.42. The van der Waals surface area contributed by atoms with Crippen LogP contribution in [0.2, 0.25) is 0 Å². The third-order valence-corrected chi connectivity index (χ3v) is 3.40. The van der Waals surface area contributed by atoms with Gasteiger partial charge in [-0.3, -0.25) is 4.79 Å². The lowest BCUT2D eigenvalue weighted by Crippen LogP contribution is -2.32. The summed E-state index contributed by atoms with van der Waals surface area (Å²) >= 11 is 0. The van der Waals surface area contributed by atoms with E-state index in [1.165, 1.54) is 0 Å². The van der Waals surface area contributed by atoms with Crippen LogP contribution in [0, 0.1) is 0 Å². The minimum atomic E-state index is -0.572. The van der Waals surface area contributed by atoms with Crippen molar-refractivity contribution in [3.05, 3.63) is 53.6 Å². The second-order valence-corrected chi connectivity index (χ2v) is 4.37. The molecule has 1 heterocycles. The second-order valence-electron chi connectivity index (χ2n) is 4.37. The molecule has 1 aromatic rings. The highest BCUT2D eigenvalue weighted by Gasteiger charge is 2.44. The SMILES string of the molecule is C/C=C\C(=C/C)C1(C)C(=O)Nc2ccccc21. The number of nitrogens with one attached hydrogen (secondary N) is 1. The number of anilines is 1. The smallest absolute Gasteiger partial charge is 0.239 e. The topological polar surface area (TPSA) is 29.1 Å². The Morgan fingerprint density at radius 3 is 2.65 bits per heavy atom. The van der Waals surface area contributed by atoms with E-state index >= 15 is 0 Å². The maximum absolute atomic E-state index is 12.2. The summed E-state index contributed by atoms with van der Waals surface area (Å²) in [4.78, 5) is 12.2. The Morgan fingerprint density at radius 2 is 2.00 bits per heavy atom. The van der Waals surface area contributed by atoms with Gasteiger partial charge in [-0.2, -0.15) is 0 Å². The predicted molar refractivity (Wildman–Crippen MR) is 71.0 cm³/mol. The highest BCUT2D eigenvalue weighted by Crippen LogP contribution is 2.42. The van der Waals surface area contributed by atoms with Gasteiger partial charge in [-0.25, -0.2) is 0 Å². The number of hydrogen-bond acceptors (Lipinski definition) is 1. The minimum Gasteiger partial charge on any atom is -0.325 e. The molecule has 2 nitrogen and oxygen atoms in total. The van der Waals surface area contributed by atoms with Crippen molar-refractivity contribution in [2.75, 3.05) is 5.32 Å².